The van der Waals surface area contributed by atoms with Gasteiger partial charge in [0.25, 0.3) is 0 Å². The lowest BCUT2D eigenvalue weighted by molar-refractivity contribution is -0.122. The molecule has 2 aliphatic rings. The normalized spacial score (nSPS) is 26.2. The molecule has 18 heavy (non-hydrogen) atoms. The Balaban J connectivity index is 1.74. The quantitative estimate of drug-likeness (QED) is 0.737. The van der Waals surface area contributed by atoms with E-state index in [0.29, 0.717) is 18.9 Å². The minimum Gasteiger partial charge on any atom is -0.396 e. The van der Waals surface area contributed by atoms with E-state index in [1.54, 1.807) is 0 Å². The molecule has 0 spiro atoms. The molecule has 2 aliphatic carbocycles. The summed E-state index contributed by atoms with van der Waals surface area (Å²) in [6.45, 7) is 0.857. The third-order valence-electron chi connectivity index (χ3n) is 4.47. The molecular formula is C15H25NO2. The minimum atomic E-state index is -0.0422. The lowest BCUT2D eigenvalue weighted by atomic mass is 9.74. The van der Waals surface area contributed by atoms with E-state index in [0.717, 1.165) is 25.7 Å². The van der Waals surface area contributed by atoms with Crippen molar-refractivity contribution in [3.63, 3.8) is 0 Å². The zero-order chi connectivity index (χ0) is 12.8. The van der Waals surface area contributed by atoms with Crippen molar-refractivity contribution in [2.24, 2.45) is 11.3 Å². The highest BCUT2D eigenvalue weighted by Gasteiger charge is 2.31. The van der Waals surface area contributed by atoms with Gasteiger partial charge in [0.15, 0.2) is 0 Å². The molecule has 1 atom stereocenters. The maximum Gasteiger partial charge on any atom is 0.220 e. The largest absolute Gasteiger partial charge is 0.396 e. The Labute approximate surface area is 110 Å². The molecule has 0 aromatic heterocycles. The van der Waals surface area contributed by atoms with Crippen LogP contribution >= 0.6 is 0 Å². The molecular weight excluding hydrogens is 226 g/mol. The Morgan fingerprint density at radius 1 is 1.33 bits per heavy atom. The van der Waals surface area contributed by atoms with E-state index in [2.05, 4.69) is 17.5 Å². The number of carbonyl (C=O) groups is 1. The first-order chi connectivity index (χ1) is 8.74. The first-order valence-corrected chi connectivity index (χ1v) is 7.28. The molecule has 1 fully saturated rings. The number of carbonyl (C=O) groups excluding carboxylic acids is 1. The van der Waals surface area contributed by atoms with Crippen LogP contribution in [0.2, 0.25) is 0 Å². The summed E-state index contributed by atoms with van der Waals surface area (Å²) >= 11 is 0. The number of amides is 1. The molecule has 0 bridgehead atoms. The van der Waals surface area contributed by atoms with Crippen molar-refractivity contribution in [3.05, 3.63) is 12.2 Å². The Hall–Kier alpha value is -0.830. The number of aliphatic hydroxyl groups is 1. The van der Waals surface area contributed by atoms with Crippen LogP contribution in [0.5, 0.6) is 0 Å². The van der Waals surface area contributed by atoms with Crippen LogP contribution in [0.1, 0.15) is 51.4 Å². The molecule has 3 nitrogen and oxygen atoms in total. The predicted octanol–water partition coefficient (Wildman–Crippen LogP) is 2.40. The molecule has 0 aromatic carbocycles. The van der Waals surface area contributed by atoms with Crippen molar-refractivity contribution in [3.8, 4) is 0 Å². The number of hydrogen-bond acceptors (Lipinski definition) is 2. The van der Waals surface area contributed by atoms with Gasteiger partial charge in [0.1, 0.15) is 0 Å². The molecule has 102 valence electrons. The van der Waals surface area contributed by atoms with E-state index >= 15 is 0 Å². The van der Waals surface area contributed by atoms with Crippen molar-refractivity contribution in [2.45, 2.75) is 51.4 Å². The van der Waals surface area contributed by atoms with Gasteiger partial charge in [-0.05, 0) is 31.6 Å². The molecule has 0 aromatic rings. The SMILES string of the molecule is O=C(CC1C=CCC1)NCC1(CO)CCCCC1. The van der Waals surface area contributed by atoms with Crippen molar-refractivity contribution in [1.82, 2.24) is 5.32 Å². The molecule has 3 heteroatoms. The first kappa shape index (κ1) is 13.6. The van der Waals surface area contributed by atoms with Gasteiger partial charge in [-0.15, -0.1) is 0 Å². The van der Waals surface area contributed by atoms with Gasteiger partial charge in [-0.3, -0.25) is 4.79 Å². The van der Waals surface area contributed by atoms with Crippen LogP contribution in [0.4, 0.5) is 0 Å². The third-order valence-corrected chi connectivity index (χ3v) is 4.47. The van der Waals surface area contributed by atoms with Gasteiger partial charge in [0, 0.05) is 18.4 Å². The lowest BCUT2D eigenvalue weighted by Crippen LogP contribution is -2.41. The van der Waals surface area contributed by atoms with Gasteiger partial charge in [-0.25, -0.2) is 0 Å². The Bertz CT molecular complexity index is 306. The fraction of sp³-hybridized carbons (Fsp3) is 0.800. The van der Waals surface area contributed by atoms with E-state index in [1.165, 1.54) is 19.3 Å². The van der Waals surface area contributed by atoms with Gasteiger partial charge in [-0.2, -0.15) is 0 Å². The maximum atomic E-state index is 11.9. The smallest absolute Gasteiger partial charge is 0.220 e. The average Bonchev–Trinajstić information content (AvgIpc) is 2.90. The van der Waals surface area contributed by atoms with Crippen LogP contribution in [0.25, 0.3) is 0 Å². The lowest BCUT2D eigenvalue weighted by Gasteiger charge is -2.35. The van der Waals surface area contributed by atoms with E-state index in [1.807, 2.05) is 0 Å². The summed E-state index contributed by atoms with van der Waals surface area (Å²) in [4.78, 5) is 11.9. The maximum absolute atomic E-state index is 11.9. The van der Waals surface area contributed by atoms with E-state index in [9.17, 15) is 9.90 Å². The van der Waals surface area contributed by atoms with Crippen molar-refractivity contribution in [2.75, 3.05) is 13.2 Å². The second kappa shape index (κ2) is 6.37. The topological polar surface area (TPSA) is 49.3 Å². The molecule has 0 heterocycles. The first-order valence-electron chi connectivity index (χ1n) is 7.28. The number of allylic oxidation sites excluding steroid dienone is 2. The molecule has 1 saturated carbocycles. The van der Waals surface area contributed by atoms with Crippen LogP contribution in [-0.2, 0) is 4.79 Å². The number of hydrogen-bond donors (Lipinski definition) is 2. The van der Waals surface area contributed by atoms with Gasteiger partial charge in [0.05, 0.1) is 6.61 Å². The average molecular weight is 251 g/mol. The van der Waals surface area contributed by atoms with Crippen LogP contribution in [-0.4, -0.2) is 24.2 Å². The second-order valence-corrected chi connectivity index (χ2v) is 5.97. The summed E-state index contributed by atoms with van der Waals surface area (Å²) in [5.41, 5.74) is -0.0422. The Morgan fingerprint density at radius 3 is 2.72 bits per heavy atom. The number of nitrogens with one attached hydrogen (secondary N) is 1. The van der Waals surface area contributed by atoms with E-state index in [-0.39, 0.29) is 17.9 Å². The monoisotopic (exact) mass is 251 g/mol. The summed E-state index contributed by atoms with van der Waals surface area (Å²) in [6.07, 6.45) is 12.9. The van der Waals surface area contributed by atoms with Gasteiger partial charge < -0.3 is 10.4 Å². The van der Waals surface area contributed by atoms with E-state index in [4.69, 9.17) is 0 Å². The summed E-state index contributed by atoms with van der Waals surface area (Å²) < 4.78 is 0. The summed E-state index contributed by atoms with van der Waals surface area (Å²) in [7, 11) is 0. The summed E-state index contributed by atoms with van der Waals surface area (Å²) in [5, 5.41) is 12.6. The van der Waals surface area contributed by atoms with Crippen LogP contribution in [0, 0.1) is 11.3 Å². The molecule has 2 N–H and O–H groups in total. The minimum absolute atomic E-state index is 0.0422. The fourth-order valence-corrected chi connectivity index (χ4v) is 3.15. The van der Waals surface area contributed by atoms with E-state index < -0.39 is 0 Å². The number of aliphatic hydroxyl groups excluding tert-OH is 1. The van der Waals surface area contributed by atoms with Gasteiger partial charge >= 0.3 is 0 Å². The predicted molar refractivity (Wildman–Crippen MR) is 72.1 cm³/mol. The highest BCUT2D eigenvalue weighted by molar-refractivity contribution is 5.76. The summed E-state index contributed by atoms with van der Waals surface area (Å²) in [5.74, 6) is 0.575. The highest BCUT2D eigenvalue weighted by Crippen LogP contribution is 2.35. The highest BCUT2D eigenvalue weighted by atomic mass is 16.3. The standard InChI is InChI=1S/C15H25NO2/c17-12-15(8-4-1-5-9-15)11-16-14(18)10-13-6-2-3-7-13/h2,6,13,17H,1,3-5,7-12H2,(H,16,18). The zero-order valence-corrected chi connectivity index (χ0v) is 11.2. The third kappa shape index (κ3) is 3.58. The van der Waals surface area contributed by atoms with Crippen molar-refractivity contribution in [1.29, 1.82) is 0 Å². The second-order valence-electron chi connectivity index (χ2n) is 5.97. The van der Waals surface area contributed by atoms with Gasteiger partial charge in [-0.1, -0.05) is 31.4 Å². The van der Waals surface area contributed by atoms with Crippen molar-refractivity contribution < 1.29 is 9.90 Å². The number of rotatable bonds is 5. The molecule has 1 unspecified atom stereocenters. The summed E-state index contributed by atoms with van der Waals surface area (Å²) in [6, 6.07) is 0. The Kier molecular flexibility index (Phi) is 4.81. The van der Waals surface area contributed by atoms with Crippen LogP contribution < -0.4 is 5.32 Å². The molecule has 0 saturated heterocycles. The Morgan fingerprint density at radius 2 is 2.11 bits per heavy atom. The zero-order valence-electron chi connectivity index (χ0n) is 11.2. The molecule has 2 rings (SSSR count). The van der Waals surface area contributed by atoms with Crippen LogP contribution in [0.15, 0.2) is 12.2 Å². The molecule has 0 aliphatic heterocycles. The fourth-order valence-electron chi connectivity index (χ4n) is 3.15. The van der Waals surface area contributed by atoms with Crippen LogP contribution in [0.3, 0.4) is 0 Å². The van der Waals surface area contributed by atoms with Gasteiger partial charge in [0.2, 0.25) is 5.91 Å². The molecule has 1 amide bonds. The molecule has 0 radical (unpaired) electrons. The van der Waals surface area contributed by atoms with Crippen molar-refractivity contribution >= 4 is 5.91 Å².